The lowest BCUT2D eigenvalue weighted by atomic mass is 9.88. The second-order valence-electron chi connectivity index (χ2n) is 6.32. The topological polar surface area (TPSA) is 81.4 Å². The van der Waals surface area contributed by atoms with Crippen LogP contribution in [0.1, 0.15) is 45.9 Å². The van der Waals surface area contributed by atoms with E-state index in [1.807, 2.05) is 31.2 Å². The Morgan fingerprint density at radius 2 is 2.00 bits per heavy atom. The largest absolute Gasteiger partial charge is 0.452 e. The van der Waals surface area contributed by atoms with Crippen molar-refractivity contribution in [3.05, 3.63) is 64.7 Å². The Morgan fingerprint density at radius 1 is 1.20 bits per heavy atom. The van der Waals surface area contributed by atoms with Crippen LogP contribution < -0.4 is 11.1 Å². The number of nitrogen functional groups attached to an aromatic ring is 1. The summed E-state index contributed by atoms with van der Waals surface area (Å²) in [5.74, 6) is -0.887. The summed E-state index contributed by atoms with van der Waals surface area (Å²) >= 11 is 0. The van der Waals surface area contributed by atoms with E-state index in [-0.39, 0.29) is 24.1 Å². The fraction of sp³-hybridized carbons (Fsp3) is 0.300. The summed E-state index contributed by atoms with van der Waals surface area (Å²) in [6.45, 7) is 1.50. The van der Waals surface area contributed by atoms with Crippen molar-refractivity contribution in [2.45, 2.75) is 32.2 Å². The van der Waals surface area contributed by atoms with Gasteiger partial charge in [-0.25, -0.2) is 4.79 Å². The first kappa shape index (κ1) is 17.0. The van der Waals surface area contributed by atoms with Gasteiger partial charge in [-0.05, 0) is 48.9 Å². The number of nitrogens with one attached hydrogen (secondary N) is 1. The number of nitrogens with two attached hydrogens (primary N) is 1. The van der Waals surface area contributed by atoms with E-state index in [1.165, 1.54) is 5.56 Å². The number of benzene rings is 2. The predicted molar refractivity (Wildman–Crippen MR) is 96.1 cm³/mol. The van der Waals surface area contributed by atoms with E-state index in [1.54, 1.807) is 12.1 Å². The number of ether oxygens (including phenoxy) is 1. The van der Waals surface area contributed by atoms with E-state index >= 15 is 0 Å². The maximum absolute atomic E-state index is 12.2. The standard InChI is InChI=1S/C20H22N2O3/c1-13-6-4-10-16(19(13)21)20(24)25-12-18(23)22-17-11-5-8-14-7-2-3-9-15(14)17/h2-4,6-7,9-10,17H,5,8,11-12,21H2,1H3,(H,22,23)/t17-/m0/s1. The van der Waals surface area contributed by atoms with Crippen molar-refractivity contribution in [1.29, 1.82) is 0 Å². The molecule has 1 aliphatic rings. The highest BCUT2D eigenvalue weighted by molar-refractivity contribution is 5.96. The van der Waals surface area contributed by atoms with Gasteiger partial charge in [-0.3, -0.25) is 4.79 Å². The first-order valence-electron chi connectivity index (χ1n) is 8.45. The van der Waals surface area contributed by atoms with E-state index < -0.39 is 5.97 Å². The van der Waals surface area contributed by atoms with Crippen molar-refractivity contribution in [1.82, 2.24) is 5.32 Å². The Hall–Kier alpha value is -2.82. The second-order valence-corrected chi connectivity index (χ2v) is 6.32. The van der Waals surface area contributed by atoms with Gasteiger partial charge in [0.25, 0.3) is 5.91 Å². The predicted octanol–water partition coefficient (Wildman–Crippen LogP) is 2.93. The Balaban J connectivity index is 1.59. The van der Waals surface area contributed by atoms with Crippen molar-refractivity contribution in [3.8, 4) is 0 Å². The van der Waals surface area contributed by atoms with Crippen molar-refractivity contribution < 1.29 is 14.3 Å². The number of esters is 1. The van der Waals surface area contributed by atoms with Crippen LogP contribution in [-0.4, -0.2) is 18.5 Å². The Labute approximate surface area is 147 Å². The molecule has 1 amide bonds. The fourth-order valence-corrected chi connectivity index (χ4v) is 3.21. The summed E-state index contributed by atoms with van der Waals surface area (Å²) in [6, 6.07) is 13.2. The first-order chi connectivity index (χ1) is 12.1. The zero-order valence-electron chi connectivity index (χ0n) is 14.2. The van der Waals surface area contributed by atoms with Crippen LogP contribution in [0.15, 0.2) is 42.5 Å². The number of hydrogen-bond acceptors (Lipinski definition) is 4. The van der Waals surface area contributed by atoms with Gasteiger partial charge in [-0.1, -0.05) is 36.4 Å². The van der Waals surface area contributed by atoms with Gasteiger partial charge in [-0.15, -0.1) is 0 Å². The maximum atomic E-state index is 12.2. The highest BCUT2D eigenvalue weighted by Gasteiger charge is 2.22. The van der Waals surface area contributed by atoms with E-state index in [0.717, 1.165) is 30.4 Å². The number of hydrogen-bond donors (Lipinski definition) is 2. The van der Waals surface area contributed by atoms with E-state index in [9.17, 15) is 9.59 Å². The minimum Gasteiger partial charge on any atom is -0.452 e. The summed E-state index contributed by atoms with van der Waals surface area (Å²) in [7, 11) is 0. The lowest BCUT2D eigenvalue weighted by Crippen LogP contribution is -2.34. The number of aryl methyl sites for hydroxylation is 2. The van der Waals surface area contributed by atoms with Crippen LogP contribution in [0.25, 0.3) is 0 Å². The van der Waals surface area contributed by atoms with E-state index in [0.29, 0.717) is 5.69 Å². The second kappa shape index (κ2) is 7.38. The van der Waals surface area contributed by atoms with Gasteiger partial charge in [-0.2, -0.15) is 0 Å². The monoisotopic (exact) mass is 338 g/mol. The van der Waals surface area contributed by atoms with Crippen LogP contribution in [0, 0.1) is 6.92 Å². The molecule has 130 valence electrons. The van der Waals surface area contributed by atoms with Crippen LogP contribution in [0.5, 0.6) is 0 Å². The highest BCUT2D eigenvalue weighted by Crippen LogP contribution is 2.29. The Kier molecular flexibility index (Phi) is 5.03. The number of carbonyl (C=O) groups is 2. The zero-order valence-corrected chi connectivity index (χ0v) is 14.2. The number of amides is 1. The van der Waals surface area contributed by atoms with Crippen molar-refractivity contribution in [2.75, 3.05) is 12.3 Å². The average molecular weight is 338 g/mol. The number of anilines is 1. The molecule has 0 spiro atoms. The molecular formula is C20H22N2O3. The van der Waals surface area contributed by atoms with Gasteiger partial charge < -0.3 is 15.8 Å². The molecule has 0 unspecified atom stereocenters. The molecule has 2 aromatic rings. The van der Waals surface area contributed by atoms with Crippen molar-refractivity contribution >= 4 is 17.6 Å². The molecule has 1 aliphatic carbocycles. The minimum absolute atomic E-state index is 0.0276. The van der Waals surface area contributed by atoms with Gasteiger partial charge in [0.1, 0.15) is 0 Å². The Bertz CT molecular complexity index is 801. The molecule has 0 saturated heterocycles. The lowest BCUT2D eigenvalue weighted by molar-refractivity contribution is -0.125. The maximum Gasteiger partial charge on any atom is 0.340 e. The smallest absolute Gasteiger partial charge is 0.340 e. The molecule has 0 fully saturated rings. The fourth-order valence-electron chi connectivity index (χ4n) is 3.21. The molecule has 5 heteroatoms. The molecular weight excluding hydrogens is 316 g/mol. The van der Waals surface area contributed by atoms with Crippen LogP contribution in [0.4, 0.5) is 5.69 Å². The molecule has 0 aliphatic heterocycles. The molecule has 1 atom stereocenters. The molecule has 0 heterocycles. The third kappa shape index (κ3) is 3.82. The zero-order chi connectivity index (χ0) is 17.8. The molecule has 0 saturated carbocycles. The molecule has 3 rings (SSSR count). The van der Waals surface area contributed by atoms with Gasteiger partial charge >= 0.3 is 5.97 Å². The van der Waals surface area contributed by atoms with Crippen molar-refractivity contribution in [3.63, 3.8) is 0 Å². The molecule has 3 N–H and O–H groups in total. The van der Waals surface area contributed by atoms with Gasteiger partial charge in [0.15, 0.2) is 6.61 Å². The van der Waals surface area contributed by atoms with Crippen LogP contribution in [0.2, 0.25) is 0 Å². The Morgan fingerprint density at radius 3 is 2.84 bits per heavy atom. The number of fused-ring (bicyclic) bond motifs is 1. The highest BCUT2D eigenvalue weighted by atomic mass is 16.5. The number of carbonyl (C=O) groups excluding carboxylic acids is 2. The molecule has 0 aromatic heterocycles. The van der Waals surface area contributed by atoms with Crippen LogP contribution in [-0.2, 0) is 16.0 Å². The molecule has 0 radical (unpaired) electrons. The first-order valence-corrected chi connectivity index (χ1v) is 8.45. The van der Waals surface area contributed by atoms with Gasteiger partial charge in [0.2, 0.25) is 0 Å². The summed E-state index contributed by atoms with van der Waals surface area (Å²) in [5.41, 5.74) is 9.78. The third-order valence-electron chi connectivity index (χ3n) is 4.58. The van der Waals surface area contributed by atoms with E-state index in [2.05, 4.69) is 11.4 Å². The van der Waals surface area contributed by atoms with Gasteiger partial charge in [0, 0.05) is 5.69 Å². The summed E-state index contributed by atoms with van der Waals surface area (Å²) in [5, 5.41) is 2.96. The van der Waals surface area contributed by atoms with E-state index in [4.69, 9.17) is 10.5 Å². The average Bonchev–Trinajstić information content (AvgIpc) is 2.62. The summed E-state index contributed by atoms with van der Waals surface area (Å²) < 4.78 is 5.12. The molecule has 2 aromatic carbocycles. The number of rotatable bonds is 4. The summed E-state index contributed by atoms with van der Waals surface area (Å²) in [4.78, 5) is 24.3. The van der Waals surface area contributed by atoms with Crippen LogP contribution >= 0.6 is 0 Å². The quantitative estimate of drug-likeness (QED) is 0.663. The molecule has 25 heavy (non-hydrogen) atoms. The normalized spacial score (nSPS) is 16.0. The SMILES string of the molecule is Cc1cccc(C(=O)OCC(=O)N[C@H]2CCCc3ccccc32)c1N. The number of para-hydroxylation sites is 1. The molecule has 0 bridgehead atoms. The van der Waals surface area contributed by atoms with Crippen molar-refractivity contribution in [2.24, 2.45) is 0 Å². The van der Waals surface area contributed by atoms with Gasteiger partial charge in [0.05, 0.1) is 11.6 Å². The minimum atomic E-state index is -0.583. The third-order valence-corrected chi connectivity index (χ3v) is 4.58. The molecule has 5 nitrogen and oxygen atoms in total. The van der Waals surface area contributed by atoms with Crippen LogP contribution in [0.3, 0.4) is 0 Å². The summed E-state index contributed by atoms with van der Waals surface area (Å²) in [6.07, 6.45) is 2.95. The lowest BCUT2D eigenvalue weighted by Gasteiger charge is -2.26.